The smallest absolute Gasteiger partial charge is 0.321 e. The summed E-state index contributed by atoms with van der Waals surface area (Å²) in [5.41, 5.74) is 3.83. The van der Waals surface area contributed by atoms with Crippen LogP contribution in [0.4, 0.5) is 16.3 Å². The maximum absolute atomic E-state index is 12.8. The lowest BCUT2D eigenvalue weighted by Crippen LogP contribution is -2.50. The van der Waals surface area contributed by atoms with Gasteiger partial charge in [0.25, 0.3) is 0 Å². The van der Waals surface area contributed by atoms with E-state index in [1.807, 2.05) is 47.4 Å². The highest BCUT2D eigenvalue weighted by Gasteiger charge is 2.24. The van der Waals surface area contributed by atoms with Crippen molar-refractivity contribution < 1.29 is 9.53 Å². The van der Waals surface area contributed by atoms with Crippen molar-refractivity contribution in [3.8, 4) is 17.1 Å². The molecule has 1 aromatic heterocycles. The molecule has 0 atom stereocenters. The van der Waals surface area contributed by atoms with E-state index in [0.717, 1.165) is 28.0 Å². The van der Waals surface area contributed by atoms with Crippen molar-refractivity contribution in [1.82, 2.24) is 14.9 Å². The van der Waals surface area contributed by atoms with E-state index in [-0.39, 0.29) is 6.03 Å². The van der Waals surface area contributed by atoms with Gasteiger partial charge in [-0.1, -0.05) is 48.0 Å². The van der Waals surface area contributed by atoms with Crippen LogP contribution >= 0.6 is 0 Å². The number of carbonyl (C=O) groups is 1. The second-order valence-electron chi connectivity index (χ2n) is 8.39. The molecule has 3 aromatic carbocycles. The number of para-hydroxylation sites is 1. The molecule has 0 saturated carbocycles. The summed E-state index contributed by atoms with van der Waals surface area (Å²) in [5, 5.41) is 3.99. The van der Waals surface area contributed by atoms with Crippen molar-refractivity contribution in [2.45, 2.75) is 6.92 Å². The number of methoxy groups -OCH3 is 1. The fraction of sp³-hybridized carbons (Fsp3) is 0.222. The first-order valence-corrected chi connectivity index (χ1v) is 11.4. The predicted octanol–water partition coefficient (Wildman–Crippen LogP) is 4.97. The van der Waals surface area contributed by atoms with Crippen LogP contribution in [0.15, 0.2) is 72.8 Å². The molecule has 1 N–H and O–H groups in total. The van der Waals surface area contributed by atoms with Crippen LogP contribution in [0, 0.1) is 6.92 Å². The summed E-state index contributed by atoms with van der Waals surface area (Å²) in [6.07, 6.45) is 0. The Labute approximate surface area is 199 Å². The Morgan fingerprint density at radius 3 is 2.44 bits per heavy atom. The number of aromatic nitrogens is 2. The van der Waals surface area contributed by atoms with Crippen LogP contribution in [0.5, 0.6) is 5.75 Å². The third-order valence-electron chi connectivity index (χ3n) is 6.08. The summed E-state index contributed by atoms with van der Waals surface area (Å²) >= 11 is 0. The molecule has 0 aliphatic carbocycles. The molecule has 0 radical (unpaired) electrons. The molecule has 2 heterocycles. The molecular formula is C27H27N5O2. The third-order valence-corrected chi connectivity index (χ3v) is 6.08. The van der Waals surface area contributed by atoms with E-state index >= 15 is 0 Å². The van der Waals surface area contributed by atoms with Crippen LogP contribution in [0.1, 0.15) is 5.56 Å². The normalized spacial score (nSPS) is 13.7. The largest absolute Gasteiger partial charge is 0.497 e. The minimum absolute atomic E-state index is 0.110. The highest BCUT2D eigenvalue weighted by Crippen LogP contribution is 2.28. The molecule has 172 valence electrons. The highest BCUT2D eigenvalue weighted by molar-refractivity contribution is 5.92. The second kappa shape index (κ2) is 9.39. The van der Waals surface area contributed by atoms with E-state index in [4.69, 9.17) is 14.7 Å². The topological polar surface area (TPSA) is 70.6 Å². The van der Waals surface area contributed by atoms with E-state index in [9.17, 15) is 4.79 Å². The predicted molar refractivity (Wildman–Crippen MR) is 136 cm³/mol. The maximum atomic E-state index is 12.8. The number of hydrogen-bond acceptors (Lipinski definition) is 5. The zero-order chi connectivity index (χ0) is 23.5. The lowest BCUT2D eigenvalue weighted by molar-refractivity contribution is 0.208. The van der Waals surface area contributed by atoms with Gasteiger partial charge in [0.1, 0.15) is 11.6 Å². The second-order valence-corrected chi connectivity index (χ2v) is 8.39. The Hall–Kier alpha value is -4.13. The van der Waals surface area contributed by atoms with E-state index < -0.39 is 0 Å². The molecule has 34 heavy (non-hydrogen) atoms. The number of carbonyl (C=O) groups excluding carboxylic acids is 1. The molecule has 1 saturated heterocycles. The average molecular weight is 454 g/mol. The monoisotopic (exact) mass is 453 g/mol. The van der Waals surface area contributed by atoms with Gasteiger partial charge in [0.2, 0.25) is 0 Å². The molecule has 7 heteroatoms. The van der Waals surface area contributed by atoms with Crippen LogP contribution in [-0.2, 0) is 0 Å². The standard InChI is InChI=1S/C27H27N5O2/c1-19-10-12-20(13-11-19)25-29-24-9-4-3-8-23(24)26(30-25)31-14-16-32(17-15-31)27(33)28-21-6-5-7-22(18-21)34-2/h3-13,18H,14-17H2,1-2H3,(H,28,33). The van der Waals surface area contributed by atoms with Crippen molar-refractivity contribution in [3.63, 3.8) is 0 Å². The summed E-state index contributed by atoms with van der Waals surface area (Å²) in [6, 6.07) is 23.6. The Kier molecular flexibility index (Phi) is 5.99. The van der Waals surface area contributed by atoms with E-state index in [1.165, 1.54) is 5.56 Å². The number of ether oxygens (including phenoxy) is 1. The quantitative estimate of drug-likeness (QED) is 0.473. The number of hydrogen-bond donors (Lipinski definition) is 1. The summed E-state index contributed by atoms with van der Waals surface area (Å²) in [4.78, 5) is 26.7. The number of aryl methyl sites for hydroxylation is 1. The molecule has 0 unspecified atom stereocenters. The van der Waals surface area contributed by atoms with Gasteiger partial charge < -0.3 is 19.9 Å². The zero-order valence-electron chi connectivity index (χ0n) is 19.4. The lowest BCUT2D eigenvalue weighted by atomic mass is 10.1. The Bertz CT molecular complexity index is 1310. The van der Waals surface area contributed by atoms with Gasteiger partial charge in [-0.2, -0.15) is 0 Å². The summed E-state index contributed by atoms with van der Waals surface area (Å²) < 4.78 is 5.24. The van der Waals surface area contributed by atoms with Crippen molar-refractivity contribution in [1.29, 1.82) is 0 Å². The van der Waals surface area contributed by atoms with Crippen molar-refractivity contribution in [3.05, 3.63) is 78.4 Å². The van der Waals surface area contributed by atoms with Gasteiger partial charge in [0.15, 0.2) is 5.82 Å². The molecule has 4 aromatic rings. The van der Waals surface area contributed by atoms with Crippen LogP contribution < -0.4 is 15.0 Å². The van der Waals surface area contributed by atoms with Gasteiger partial charge in [-0.15, -0.1) is 0 Å². The fourth-order valence-corrected chi connectivity index (χ4v) is 4.16. The number of rotatable bonds is 4. The number of nitrogens with one attached hydrogen (secondary N) is 1. The third kappa shape index (κ3) is 4.50. The van der Waals surface area contributed by atoms with E-state index in [1.54, 1.807) is 7.11 Å². The van der Waals surface area contributed by atoms with Gasteiger partial charge in [-0.05, 0) is 31.2 Å². The molecule has 1 aliphatic rings. The summed E-state index contributed by atoms with van der Waals surface area (Å²) in [7, 11) is 1.61. The molecule has 7 nitrogen and oxygen atoms in total. The Morgan fingerprint density at radius 2 is 1.68 bits per heavy atom. The number of amides is 2. The number of fused-ring (bicyclic) bond motifs is 1. The lowest BCUT2D eigenvalue weighted by Gasteiger charge is -2.36. The number of piperazine rings is 1. The molecule has 2 amide bonds. The van der Waals surface area contributed by atoms with Crippen LogP contribution in [0.25, 0.3) is 22.3 Å². The van der Waals surface area contributed by atoms with E-state index in [0.29, 0.717) is 37.8 Å². The first-order chi connectivity index (χ1) is 16.6. The van der Waals surface area contributed by atoms with Gasteiger partial charge in [0.05, 0.1) is 12.6 Å². The summed E-state index contributed by atoms with van der Waals surface area (Å²) in [6.45, 7) is 4.67. The molecule has 0 spiro atoms. The molecule has 0 bridgehead atoms. The van der Waals surface area contributed by atoms with Crippen molar-refractivity contribution >= 4 is 28.4 Å². The number of benzene rings is 3. The average Bonchev–Trinajstić information content (AvgIpc) is 2.88. The molecular weight excluding hydrogens is 426 g/mol. The minimum Gasteiger partial charge on any atom is -0.497 e. The van der Waals surface area contributed by atoms with Crippen LogP contribution in [-0.4, -0.2) is 54.2 Å². The Morgan fingerprint density at radius 1 is 0.912 bits per heavy atom. The first kappa shape index (κ1) is 21.7. The van der Waals surface area contributed by atoms with Crippen molar-refractivity contribution in [2.75, 3.05) is 43.5 Å². The van der Waals surface area contributed by atoms with Gasteiger partial charge in [-0.3, -0.25) is 0 Å². The number of anilines is 2. The molecule has 1 fully saturated rings. The van der Waals surface area contributed by atoms with Gasteiger partial charge in [0, 0.05) is 48.9 Å². The zero-order valence-corrected chi connectivity index (χ0v) is 19.4. The minimum atomic E-state index is -0.110. The maximum Gasteiger partial charge on any atom is 0.321 e. The SMILES string of the molecule is COc1cccc(NC(=O)N2CCN(c3nc(-c4ccc(C)cc4)nc4ccccc34)CC2)c1. The molecule has 5 rings (SSSR count). The van der Waals surface area contributed by atoms with Crippen LogP contribution in [0.2, 0.25) is 0 Å². The first-order valence-electron chi connectivity index (χ1n) is 11.4. The number of urea groups is 1. The fourth-order valence-electron chi connectivity index (χ4n) is 4.16. The molecule has 1 aliphatic heterocycles. The number of nitrogens with zero attached hydrogens (tertiary/aromatic N) is 4. The van der Waals surface area contributed by atoms with Gasteiger partial charge in [-0.25, -0.2) is 14.8 Å². The van der Waals surface area contributed by atoms with Crippen molar-refractivity contribution in [2.24, 2.45) is 0 Å². The van der Waals surface area contributed by atoms with Crippen LogP contribution in [0.3, 0.4) is 0 Å². The Balaban J connectivity index is 1.35. The highest BCUT2D eigenvalue weighted by atomic mass is 16.5. The van der Waals surface area contributed by atoms with Gasteiger partial charge >= 0.3 is 6.03 Å². The van der Waals surface area contributed by atoms with E-state index in [2.05, 4.69) is 47.5 Å². The summed E-state index contributed by atoms with van der Waals surface area (Å²) in [5.74, 6) is 2.34.